The van der Waals surface area contributed by atoms with Gasteiger partial charge in [0.1, 0.15) is 11.2 Å². The molecule has 0 aliphatic heterocycles. The first-order valence-electron chi connectivity index (χ1n) is 20.3. The molecule has 10 aromatic carbocycles. The summed E-state index contributed by atoms with van der Waals surface area (Å²) in [4.78, 5) is 16.1. The third-order valence-corrected chi connectivity index (χ3v) is 12.2. The van der Waals surface area contributed by atoms with Crippen LogP contribution in [0.25, 0.3) is 127 Å². The maximum atomic E-state index is 6.79. The Kier molecular flexibility index (Phi) is 6.95. The third kappa shape index (κ3) is 5.03. The third-order valence-electron chi connectivity index (χ3n) is 12.2. The van der Waals surface area contributed by atoms with Crippen LogP contribution in [0.2, 0.25) is 0 Å². The van der Waals surface area contributed by atoms with Crippen LogP contribution in [0.4, 0.5) is 0 Å². The van der Waals surface area contributed by atoms with Gasteiger partial charge in [0, 0.05) is 44.3 Å². The van der Waals surface area contributed by atoms with Gasteiger partial charge in [-0.1, -0.05) is 146 Å². The van der Waals surface area contributed by atoms with Crippen LogP contribution in [0.3, 0.4) is 0 Å². The van der Waals surface area contributed by atoms with Gasteiger partial charge >= 0.3 is 0 Å². The highest BCUT2D eigenvalue weighted by atomic mass is 16.3. The van der Waals surface area contributed by atoms with Crippen LogP contribution in [0.5, 0.6) is 0 Å². The molecule has 278 valence electrons. The Bertz CT molecular complexity index is 3910. The van der Waals surface area contributed by atoms with Crippen LogP contribution < -0.4 is 0 Å². The SMILES string of the molecule is c1ccc2cc(-c3nc(-c4cc5c(cc4-n4c6ccccc6c6cc7ccccc7cc64)oc4cc6ccccc6cc45)nc(-c4cccc5ccccc45)n3)ccc2c1. The van der Waals surface area contributed by atoms with Crippen molar-refractivity contribution in [1.29, 1.82) is 0 Å². The predicted octanol–water partition coefficient (Wildman–Crippen LogP) is 14.5. The van der Waals surface area contributed by atoms with E-state index in [1.807, 2.05) is 0 Å². The molecule has 0 bridgehead atoms. The largest absolute Gasteiger partial charge is 0.456 e. The van der Waals surface area contributed by atoms with Crippen molar-refractivity contribution in [2.75, 3.05) is 0 Å². The Morgan fingerprint density at radius 3 is 1.65 bits per heavy atom. The summed E-state index contributed by atoms with van der Waals surface area (Å²) in [6.45, 7) is 0. The second-order valence-electron chi connectivity index (χ2n) is 15.6. The molecule has 0 amide bonds. The van der Waals surface area contributed by atoms with Gasteiger partial charge in [0.25, 0.3) is 0 Å². The molecule has 0 saturated carbocycles. The average molecular weight is 765 g/mol. The van der Waals surface area contributed by atoms with E-state index in [1.54, 1.807) is 0 Å². The lowest BCUT2D eigenvalue weighted by Gasteiger charge is -2.16. The van der Waals surface area contributed by atoms with Crippen molar-refractivity contribution >= 4 is 86.8 Å². The van der Waals surface area contributed by atoms with Gasteiger partial charge in [0.2, 0.25) is 0 Å². The van der Waals surface area contributed by atoms with E-state index in [0.29, 0.717) is 17.5 Å². The van der Waals surface area contributed by atoms with Crippen LogP contribution in [-0.4, -0.2) is 19.5 Å². The lowest BCUT2D eigenvalue weighted by atomic mass is 10.0. The van der Waals surface area contributed by atoms with Crippen LogP contribution >= 0.6 is 0 Å². The van der Waals surface area contributed by atoms with Crippen LogP contribution in [0, 0.1) is 0 Å². The van der Waals surface area contributed by atoms with E-state index < -0.39 is 0 Å². The number of hydrogen-bond acceptors (Lipinski definition) is 4. The number of hydrogen-bond donors (Lipinski definition) is 0. The first kappa shape index (κ1) is 32.9. The fraction of sp³-hybridized carbons (Fsp3) is 0. The quantitative estimate of drug-likeness (QED) is 0.179. The van der Waals surface area contributed by atoms with E-state index in [4.69, 9.17) is 19.4 Å². The summed E-state index contributed by atoms with van der Waals surface area (Å²) in [6.07, 6.45) is 0. The summed E-state index contributed by atoms with van der Waals surface area (Å²) >= 11 is 0. The highest BCUT2D eigenvalue weighted by molar-refractivity contribution is 6.16. The summed E-state index contributed by atoms with van der Waals surface area (Å²) < 4.78 is 9.16. The van der Waals surface area contributed by atoms with Crippen LogP contribution in [-0.2, 0) is 0 Å². The van der Waals surface area contributed by atoms with Crippen LogP contribution in [0.15, 0.2) is 199 Å². The van der Waals surface area contributed by atoms with Gasteiger partial charge in [0.15, 0.2) is 17.5 Å². The summed E-state index contributed by atoms with van der Waals surface area (Å²) in [5, 5.41) is 13.5. The fourth-order valence-corrected chi connectivity index (χ4v) is 9.27. The molecular weight excluding hydrogens is 733 g/mol. The molecule has 13 aromatic rings. The molecule has 5 nitrogen and oxygen atoms in total. The zero-order valence-electron chi connectivity index (χ0n) is 32.2. The highest BCUT2D eigenvalue weighted by Crippen LogP contribution is 2.42. The Balaban J connectivity index is 1.17. The molecule has 0 saturated heterocycles. The zero-order chi connectivity index (χ0) is 39.3. The van der Waals surface area contributed by atoms with Crippen molar-refractivity contribution in [2.24, 2.45) is 0 Å². The summed E-state index contributed by atoms with van der Waals surface area (Å²) in [6, 6.07) is 68.7. The van der Waals surface area contributed by atoms with E-state index in [9.17, 15) is 0 Å². The smallest absolute Gasteiger partial charge is 0.166 e. The lowest BCUT2D eigenvalue weighted by molar-refractivity contribution is 0.669. The first-order valence-corrected chi connectivity index (χ1v) is 20.3. The minimum absolute atomic E-state index is 0.579. The Labute approximate surface area is 343 Å². The van der Waals surface area contributed by atoms with Crippen molar-refractivity contribution in [3.63, 3.8) is 0 Å². The second-order valence-corrected chi connectivity index (χ2v) is 15.6. The van der Waals surface area contributed by atoms with Gasteiger partial charge < -0.3 is 8.98 Å². The molecule has 0 unspecified atom stereocenters. The molecule has 60 heavy (non-hydrogen) atoms. The minimum Gasteiger partial charge on any atom is -0.456 e. The monoisotopic (exact) mass is 764 g/mol. The minimum atomic E-state index is 0.579. The maximum absolute atomic E-state index is 6.79. The van der Waals surface area contributed by atoms with E-state index in [2.05, 4.69) is 199 Å². The van der Waals surface area contributed by atoms with E-state index >= 15 is 0 Å². The molecule has 0 aliphatic rings. The molecule has 0 radical (unpaired) electrons. The van der Waals surface area contributed by atoms with Gasteiger partial charge in [-0.3, -0.25) is 0 Å². The van der Waals surface area contributed by atoms with Crippen LogP contribution in [0.1, 0.15) is 0 Å². The number of fused-ring (bicyclic) bond motifs is 10. The molecule has 5 heteroatoms. The van der Waals surface area contributed by atoms with Crippen molar-refractivity contribution < 1.29 is 4.42 Å². The second kappa shape index (κ2) is 12.7. The number of furan rings is 1. The lowest BCUT2D eigenvalue weighted by Crippen LogP contribution is -2.04. The highest BCUT2D eigenvalue weighted by Gasteiger charge is 2.23. The number of benzene rings is 10. The van der Waals surface area contributed by atoms with E-state index in [0.717, 1.165) is 87.7 Å². The molecule has 0 N–H and O–H groups in total. The molecule has 0 atom stereocenters. The molecule has 0 aliphatic carbocycles. The Morgan fingerprint density at radius 2 is 0.867 bits per heavy atom. The summed E-state index contributed by atoms with van der Waals surface area (Å²) in [5.74, 6) is 1.80. The summed E-state index contributed by atoms with van der Waals surface area (Å²) in [5.41, 5.74) is 7.48. The van der Waals surface area contributed by atoms with Crippen molar-refractivity contribution in [2.45, 2.75) is 0 Å². The number of para-hydroxylation sites is 1. The predicted molar refractivity (Wildman–Crippen MR) is 248 cm³/mol. The normalized spacial score (nSPS) is 12.0. The Morgan fingerprint density at radius 1 is 0.317 bits per heavy atom. The summed E-state index contributed by atoms with van der Waals surface area (Å²) in [7, 11) is 0. The molecule has 0 fully saturated rings. The Hall–Kier alpha value is -8.15. The molecule has 3 aromatic heterocycles. The van der Waals surface area contributed by atoms with Crippen molar-refractivity contribution in [3.05, 3.63) is 194 Å². The molecule has 13 rings (SSSR count). The van der Waals surface area contributed by atoms with Crippen molar-refractivity contribution in [3.8, 4) is 39.9 Å². The molecular formula is C55H32N4O. The molecule has 3 heterocycles. The maximum Gasteiger partial charge on any atom is 0.166 e. The van der Waals surface area contributed by atoms with Gasteiger partial charge in [0.05, 0.1) is 16.7 Å². The number of rotatable bonds is 4. The fourth-order valence-electron chi connectivity index (χ4n) is 9.27. The van der Waals surface area contributed by atoms with Gasteiger partial charge in [-0.15, -0.1) is 0 Å². The topological polar surface area (TPSA) is 56.7 Å². The van der Waals surface area contributed by atoms with E-state index in [-0.39, 0.29) is 0 Å². The number of nitrogens with zero attached hydrogens (tertiary/aromatic N) is 4. The standard InChI is InChI=1S/C55H32N4O/c1-2-14-35-26-40(25-24-33(35)12-1)53-56-54(43-22-11-19-34-13-7-8-20-41(34)43)58-55(57-53)47-31-46-45-28-37-16-4-6-18-39(37)30-51(45)60-52(46)32-50(47)59-48-23-10-9-21-42(48)44-27-36-15-3-5-17-38(36)29-49(44)59/h1-32H. The number of aromatic nitrogens is 4. The van der Waals surface area contributed by atoms with Crippen molar-refractivity contribution in [1.82, 2.24) is 19.5 Å². The van der Waals surface area contributed by atoms with E-state index in [1.165, 1.54) is 21.5 Å². The average Bonchev–Trinajstić information content (AvgIpc) is 3.82. The van der Waals surface area contributed by atoms with Gasteiger partial charge in [-0.05, 0) is 85.6 Å². The first-order chi connectivity index (χ1) is 29.7. The van der Waals surface area contributed by atoms with Gasteiger partial charge in [-0.2, -0.15) is 0 Å². The zero-order valence-corrected chi connectivity index (χ0v) is 32.2. The van der Waals surface area contributed by atoms with Gasteiger partial charge in [-0.25, -0.2) is 15.0 Å². The molecule has 0 spiro atoms.